The summed E-state index contributed by atoms with van der Waals surface area (Å²) in [7, 11) is 0. The number of aromatic nitrogens is 3. The van der Waals surface area contributed by atoms with Gasteiger partial charge >= 0.3 is 0 Å². The van der Waals surface area contributed by atoms with E-state index in [1.807, 2.05) is 42.5 Å². The third kappa shape index (κ3) is 2.03. The molecule has 2 aromatic heterocycles. The monoisotopic (exact) mass is 276 g/mol. The van der Waals surface area contributed by atoms with E-state index in [4.69, 9.17) is 0 Å². The fourth-order valence-corrected chi connectivity index (χ4v) is 2.64. The predicted octanol–water partition coefficient (Wildman–Crippen LogP) is 1.92. The molecular weight excluding hydrogens is 264 g/mol. The SMILES string of the molecule is O=C1N=C2C=CC=CC2C=C1Cc1cnn2ncccc12. The van der Waals surface area contributed by atoms with Crippen LogP contribution in [0.3, 0.4) is 0 Å². The van der Waals surface area contributed by atoms with E-state index in [-0.39, 0.29) is 11.8 Å². The summed E-state index contributed by atoms with van der Waals surface area (Å²) in [4.78, 5) is 16.3. The highest BCUT2D eigenvalue weighted by Crippen LogP contribution is 2.23. The van der Waals surface area contributed by atoms with Gasteiger partial charge in [-0.15, -0.1) is 0 Å². The van der Waals surface area contributed by atoms with Gasteiger partial charge in [0.05, 0.1) is 17.4 Å². The van der Waals surface area contributed by atoms with Gasteiger partial charge in [0.1, 0.15) is 0 Å². The Hall–Kier alpha value is -2.82. The first-order valence-corrected chi connectivity index (χ1v) is 6.78. The smallest absolute Gasteiger partial charge is 0.267 e. The Labute approximate surface area is 121 Å². The molecule has 5 nitrogen and oxygen atoms in total. The molecule has 0 saturated carbocycles. The molecule has 1 atom stereocenters. The van der Waals surface area contributed by atoms with Gasteiger partial charge < -0.3 is 0 Å². The summed E-state index contributed by atoms with van der Waals surface area (Å²) in [6.45, 7) is 0. The quantitative estimate of drug-likeness (QED) is 0.842. The molecule has 1 aliphatic carbocycles. The van der Waals surface area contributed by atoms with Crippen LogP contribution in [-0.2, 0) is 11.2 Å². The summed E-state index contributed by atoms with van der Waals surface area (Å²) < 4.78 is 1.57. The largest absolute Gasteiger partial charge is 0.273 e. The number of aliphatic imine (C=N–C) groups is 1. The number of amides is 1. The van der Waals surface area contributed by atoms with Crippen LogP contribution in [0, 0.1) is 5.92 Å². The molecule has 1 aliphatic heterocycles. The molecule has 0 fully saturated rings. The highest BCUT2D eigenvalue weighted by atomic mass is 16.1. The van der Waals surface area contributed by atoms with Crippen molar-refractivity contribution in [3.63, 3.8) is 0 Å². The minimum absolute atomic E-state index is 0.0997. The first-order valence-electron chi connectivity index (χ1n) is 6.78. The molecule has 0 spiro atoms. The first kappa shape index (κ1) is 12.0. The highest BCUT2D eigenvalue weighted by molar-refractivity contribution is 6.13. The Bertz CT molecular complexity index is 854. The fraction of sp³-hybridized carbons (Fsp3) is 0.125. The van der Waals surface area contributed by atoms with Crippen LogP contribution < -0.4 is 0 Å². The van der Waals surface area contributed by atoms with Gasteiger partial charge in [0.15, 0.2) is 0 Å². The van der Waals surface area contributed by atoms with Crippen LogP contribution >= 0.6 is 0 Å². The normalized spacial score (nSPS) is 20.4. The average molecular weight is 276 g/mol. The Morgan fingerprint density at radius 2 is 2.19 bits per heavy atom. The maximum atomic E-state index is 12.2. The van der Waals surface area contributed by atoms with E-state index >= 15 is 0 Å². The molecule has 102 valence electrons. The van der Waals surface area contributed by atoms with Crippen molar-refractivity contribution in [2.75, 3.05) is 0 Å². The lowest BCUT2D eigenvalue weighted by molar-refractivity contribution is -0.114. The molecule has 2 aliphatic rings. The van der Waals surface area contributed by atoms with Crippen LogP contribution in [0.15, 0.2) is 65.5 Å². The maximum absolute atomic E-state index is 12.2. The zero-order valence-corrected chi connectivity index (χ0v) is 11.2. The maximum Gasteiger partial charge on any atom is 0.273 e. The zero-order chi connectivity index (χ0) is 14.2. The molecule has 5 heteroatoms. The lowest BCUT2D eigenvalue weighted by Gasteiger charge is -2.18. The molecule has 0 aromatic carbocycles. The molecule has 21 heavy (non-hydrogen) atoms. The number of allylic oxidation sites excluding steroid dienone is 5. The Balaban J connectivity index is 1.68. The molecular formula is C16H12N4O. The van der Waals surface area contributed by atoms with E-state index in [0.717, 1.165) is 16.8 Å². The van der Waals surface area contributed by atoms with Gasteiger partial charge in [-0.2, -0.15) is 14.8 Å². The van der Waals surface area contributed by atoms with Gasteiger partial charge in [-0.3, -0.25) is 4.79 Å². The average Bonchev–Trinajstić information content (AvgIpc) is 2.91. The van der Waals surface area contributed by atoms with Crippen molar-refractivity contribution in [1.29, 1.82) is 0 Å². The standard InChI is InChI=1S/C16H12N4O/c21-16-12(8-11-4-1-2-5-14(11)19-16)9-13-10-18-20-15(13)6-3-7-17-20/h1-8,10-11H,9H2. The van der Waals surface area contributed by atoms with E-state index in [0.29, 0.717) is 12.0 Å². The van der Waals surface area contributed by atoms with Gasteiger partial charge in [0.2, 0.25) is 0 Å². The Kier molecular flexibility index (Phi) is 2.64. The van der Waals surface area contributed by atoms with Crippen LogP contribution in [0.4, 0.5) is 0 Å². The summed E-state index contributed by atoms with van der Waals surface area (Å²) in [5.74, 6) is -0.0629. The van der Waals surface area contributed by atoms with Crippen molar-refractivity contribution in [1.82, 2.24) is 14.8 Å². The van der Waals surface area contributed by atoms with Gasteiger partial charge in [-0.05, 0) is 18.2 Å². The number of dihydropyridines is 1. The summed E-state index contributed by atoms with van der Waals surface area (Å²) >= 11 is 0. The van der Waals surface area contributed by atoms with Gasteiger partial charge in [-0.25, -0.2) is 4.99 Å². The van der Waals surface area contributed by atoms with Crippen LogP contribution in [0.2, 0.25) is 0 Å². The summed E-state index contributed by atoms with van der Waals surface area (Å²) in [6, 6.07) is 3.81. The summed E-state index contributed by atoms with van der Waals surface area (Å²) in [6.07, 6.45) is 13.8. The zero-order valence-electron chi connectivity index (χ0n) is 11.2. The van der Waals surface area contributed by atoms with Gasteiger partial charge in [-0.1, -0.05) is 24.3 Å². The van der Waals surface area contributed by atoms with Crippen molar-refractivity contribution >= 4 is 17.1 Å². The number of rotatable bonds is 2. The Morgan fingerprint density at radius 1 is 1.24 bits per heavy atom. The first-order chi connectivity index (χ1) is 10.3. The molecule has 1 amide bonds. The topological polar surface area (TPSA) is 59.6 Å². The highest BCUT2D eigenvalue weighted by Gasteiger charge is 2.22. The molecule has 0 bridgehead atoms. The third-order valence-electron chi connectivity index (χ3n) is 3.69. The lowest BCUT2D eigenvalue weighted by atomic mass is 9.91. The van der Waals surface area contributed by atoms with E-state index in [9.17, 15) is 4.79 Å². The second-order valence-electron chi connectivity index (χ2n) is 5.05. The number of fused-ring (bicyclic) bond motifs is 2. The summed E-state index contributed by atoms with van der Waals surface area (Å²) in [5, 5.41) is 8.33. The summed E-state index contributed by atoms with van der Waals surface area (Å²) in [5.41, 5.74) is 3.42. The van der Waals surface area contributed by atoms with Crippen LogP contribution in [0.1, 0.15) is 5.56 Å². The molecule has 0 N–H and O–H groups in total. The van der Waals surface area contributed by atoms with Crippen LogP contribution in [0.25, 0.3) is 5.52 Å². The number of hydrogen-bond acceptors (Lipinski definition) is 3. The van der Waals surface area contributed by atoms with Crippen molar-refractivity contribution in [2.45, 2.75) is 6.42 Å². The third-order valence-corrected chi connectivity index (χ3v) is 3.69. The van der Waals surface area contributed by atoms with E-state index in [1.165, 1.54) is 0 Å². The molecule has 1 unspecified atom stereocenters. The van der Waals surface area contributed by atoms with Crippen molar-refractivity contribution in [3.05, 3.63) is 66.0 Å². The number of carbonyl (C=O) groups is 1. The van der Waals surface area contributed by atoms with E-state index in [1.54, 1.807) is 17.0 Å². The second kappa shape index (κ2) is 4.63. The minimum atomic E-state index is -0.163. The van der Waals surface area contributed by atoms with Crippen molar-refractivity contribution in [3.8, 4) is 0 Å². The predicted molar refractivity (Wildman–Crippen MR) is 79.0 cm³/mol. The number of hydrogen-bond donors (Lipinski definition) is 0. The van der Waals surface area contributed by atoms with Crippen molar-refractivity contribution in [2.24, 2.45) is 10.9 Å². The number of carbonyl (C=O) groups excluding carboxylic acids is 1. The van der Waals surface area contributed by atoms with Gasteiger partial charge in [0.25, 0.3) is 5.91 Å². The van der Waals surface area contributed by atoms with Crippen molar-refractivity contribution < 1.29 is 4.79 Å². The number of nitrogens with zero attached hydrogens (tertiary/aromatic N) is 4. The molecule has 3 heterocycles. The fourth-order valence-electron chi connectivity index (χ4n) is 2.64. The van der Waals surface area contributed by atoms with Crippen LogP contribution in [0.5, 0.6) is 0 Å². The van der Waals surface area contributed by atoms with E-state index < -0.39 is 0 Å². The van der Waals surface area contributed by atoms with E-state index in [2.05, 4.69) is 15.2 Å². The molecule has 0 saturated heterocycles. The van der Waals surface area contributed by atoms with Crippen LogP contribution in [-0.4, -0.2) is 26.4 Å². The Morgan fingerprint density at radius 3 is 3.14 bits per heavy atom. The van der Waals surface area contributed by atoms with Gasteiger partial charge in [0, 0.05) is 29.7 Å². The lowest BCUT2D eigenvalue weighted by Crippen LogP contribution is -2.20. The second-order valence-corrected chi connectivity index (χ2v) is 5.05. The molecule has 4 rings (SSSR count). The minimum Gasteiger partial charge on any atom is -0.267 e. The molecule has 2 aromatic rings. The molecule has 0 radical (unpaired) electrons.